The van der Waals surface area contributed by atoms with Crippen molar-refractivity contribution in [1.29, 1.82) is 0 Å². The molecule has 0 amide bonds. The molecule has 0 aliphatic rings. The quantitative estimate of drug-likeness (QED) is 0.787. The summed E-state index contributed by atoms with van der Waals surface area (Å²) < 4.78 is 4.89. The fourth-order valence-electron chi connectivity index (χ4n) is 2.18. The van der Waals surface area contributed by atoms with Gasteiger partial charge in [0.2, 0.25) is 0 Å². The van der Waals surface area contributed by atoms with Crippen LogP contribution in [-0.2, 0) is 0 Å². The third-order valence-corrected chi connectivity index (χ3v) is 3.39. The van der Waals surface area contributed by atoms with Crippen molar-refractivity contribution in [2.75, 3.05) is 5.73 Å². The van der Waals surface area contributed by atoms with E-state index in [-0.39, 0.29) is 5.92 Å². The molecule has 2 N–H and O–H groups in total. The predicted molar refractivity (Wildman–Crippen MR) is 78.1 cm³/mol. The van der Waals surface area contributed by atoms with Gasteiger partial charge in [0.25, 0.3) is 0 Å². The van der Waals surface area contributed by atoms with E-state index in [2.05, 4.69) is 10.1 Å². The molecule has 20 heavy (non-hydrogen) atoms. The summed E-state index contributed by atoms with van der Waals surface area (Å²) in [5.41, 5.74) is 10.3. The Hall–Kier alpha value is -2.62. The van der Waals surface area contributed by atoms with Crippen LogP contribution < -0.4 is 5.73 Å². The molecule has 2 aromatic heterocycles. The largest absolute Gasteiger partial charge is 0.395 e. The molecule has 3 aromatic rings. The highest BCUT2D eigenvalue weighted by atomic mass is 16.5. The molecule has 0 spiro atoms. The van der Waals surface area contributed by atoms with Crippen LogP contribution in [-0.4, -0.2) is 10.1 Å². The maximum Gasteiger partial charge on any atom is 0.147 e. The third kappa shape index (κ3) is 2.28. The van der Waals surface area contributed by atoms with E-state index < -0.39 is 0 Å². The highest BCUT2D eigenvalue weighted by Crippen LogP contribution is 2.27. The fraction of sp³-hybridized carbons (Fsp3) is 0.125. The first-order valence-corrected chi connectivity index (χ1v) is 6.47. The van der Waals surface area contributed by atoms with Gasteiger partial charge in [-0.25, -0.2) is 0 Å². The molecule has 1 atom stereocenters. The van der Waals surface area contributed by atoms with Crippen molar-refractivity contribution in [3.8, 4) is 11.3 Å². The van der Waals surface area contributed by atoms with E-state index in [0.717, 1.165) is 22.5 Å². The van der Waals surface area contributed by atoms with Gasteiger partial charge in [0.1, 0.15) is 12.0 Å². The van der Waals surface area contributed by atoms with Crippen LogP contribution >= 0.6 is 0 Å². The zero-order valence-corrected chi connectivity index (χ0v) is 11.2. The number of aromatic nitrogens is 2. The van der Waals surface area contributed by atoms with Gasteiger partial charge in [-0.1, -0.05) is 48.5 Å². The SMILES string of the molecule is CC(c1ccc(-c2ccccc2)nc1)c1nocc1N. The van der Waals surface area contributed by atoms with Crippen molar-refractivity contribution < 1.29 is 4.52 Å². The predicted octanol–water partition coefficient (Wildman–Crippen LogP) is 3.47. The Morgan fingerprint density at radius 1 is 1.10 bits per heavy atom. The van der Waals surface area contributed by atoms with E-state index in [9.17, 15) is 0 Å². The lowest BCUT2D eigenvalue weighted by atomic mass is 9.98. The van der Waals surface area contributed by atoms with Crippen molar-refractivity contribution >= 4 is 5.69 Å². The summed E-state index contributed by atoms with van der Waals surface area (Å²) in [6.07, 6.45) is 3.32. The lowest BCUT2D eigenvalue weighted by molar-refractivity contribution is 0.410. The van der Waals surface area contributed by atoms with Gasteiger partial charge in [-0.05, 0) is 11.6 Å². The first kappa shape index (κ1) is 12.4. The Labute approximate surface area is 117 Å². The Bertz CT molecular complexity index is 689. The normalized spacial score (nSPS) is 12.2. The lowest BCUT2D eigenvalue weighted by Gasteiger charge is -2.09. The highest BCUT2D eigenvalue weighted by molar-refractivity contribution is 5.59. The Morgan fingerprint density at radius 2 is 1.90 bits per heavy atom. The standard InChI is InChI=1S/C16H15N3O/c1-11(16-14(17)10-20-19-16)13-7-8-15(18-9-13)12-5-3-2-4-6-12/h2-11H,17H2,1H3. The molecular weight excluding hydrogens is 250 g/mol. The Kier molecular flexibility index (Phi) is 3.21. The van der Waals surface area contributed by atoms with Crippen LogP contribution in [0.2, 0.25) is 0 Å². The average Bonchev–Trinajstić information content (AvgIpc) is 2.94. The highest BCUT2D eigenvalue weighted by Gasteiger charge is 2.15. The summed E-state index contributed by atoms with van der Waals surface area (Å²) >= 11 is 0. The van der Waals surface area contributed by atoms with Crippen molar-refractivity contribution in [1.82, 2.24) is 10.1 Å². The van der Waals surface area contributed by atoms with E-state index >= 15 is 0 Å². The second-order valence-electron chi connectivity index (χ2n) is 4.72. The molecule has 0 saturated carbocycles. The number of anilines is 1. The zero-order chi connectivity index (χ0) is 13.9. The molecular formula is C16H15N3O. The number of hydrogen-bond acceptors (Lipinski definition) is 4. The van der Waals surface area contributed by atoms with Crippen LogP contribution in [0.5, 0.6) is 0 Å². The van der Waals surface area contributed by atoms with Crippen molar-refractivity contribution in [3.05, 3.63) is 66.2 Å². The van der Waals surface area contributed by atoms with Crippen LogP contribution in [0.3, 0.4) is 0 Å². The van der Waals surface area contributed by atoms with Crippen LogP contribution in [0.1, 0.15) is 24.1 Å². The summed E-state index contributed by atoms with van der Waals surface area (Å²) in [6, 6.07) is 14.1. The molecule has 0 bridgehead atoms. The molecule has 2 heterocycles. The van der Waals surface area contributed by atoms with Gasteiger partial charge in [0.15, 0.2) is 0 Å². The average molecular weight is 265 g/mol. The van der Waals surface area contributed by atoms with Gasteiger partial charge < -0.3 is 10.3 Å². The van der Waals surface area contributed by atoms with E-state index in [1.165, 1.54) is 6.26 Å². The zero-order valence-electron chi connectivity index (χ0n) is 11.2. The van der Waals surface area contributed by atoms with Gasteiger partial charge in [-0.2, -0.15) is 0 Å². The van der Waals surface area contributed by atoms with Crippen molar-refractivity contribution in [2.24, 2.45) is 0 Å². The molecule has 0 saturated heterocycles. The van der Waals surface area contributed by atoms with E-state index in [0.29, 0.717) is 5.69 Å². The molecule has 1 aromatic carbocycles. The van der Waals surface area contributed by atoms with Crippen LogP contribution in [0.4, 0.5) is 5.69 Å². The Morgan fingerprint density at radius 3 is 2.50 bits per heavy atom. The van der Waals surface area contributed by atoms with E-state index in [1.54, 1.807) is 0 Å². The van der Waals surface area contributed by atoms with Crippen molar-refractivity contribution in [2.45, 2.75) is 12.8 Å². The second-order valence-corrected chi connectivity index (χ2v) is 4.72. The minimum atomic E-state index is 0.0612. The summed E-state index contributed by atoms with van der Waals surface area (Å²) in [6.45, 7) is 2.04. The smallest absolute Gasteiger partial charge is 0.147 e. The first-order chi connectivity index (χ1) is 9.75. The van der Waals surface area contributed by atoms with Crippen LogP contribution in [0.15, 0.2) is 59.4 Å². The lowest BCUT2D eigenvalue weighted by Crippen LogP contribution is -2.01. The topological polar surface area (TPSA) is 64.9 Å². The van der Waals surface area contributed by atoms with Gasteiger partial charge in [0.05, 0.1) is 11.4 Å². The summed E-state index contributed by atoms with van der Waals surface area (Å²) in [4.78, 5) is 4.51. The number of pyridine rings is 1. The molecule has 0 radical (unpaired) electrons. The van der Waals surface area contributed by atoms with Gasteiger partial charge >= 0.3 is 0 Å². The number of rotatable bonds is 3. The van der Waals surface area contributed by atoms with E-state index in [4.69, 9.17) is 10.3 Å². The first-order valence-electron chi connectivity index (χ1n) is 6.47. The summed E-state index contributed by atoms with van der Waals surface area (Å²) in [5, 5.41) is 3.94. The maximum absolute atomic E-state index is 5.82. The molecule has 0 aliphatic carbocycles. The number of nitrogen functional groups attached to an aromatic ring is 1. The maximum atomic E-state index is 5.82. The third-order valence-electron chi connectivity index (χ3n) is 3.39. The minimum absolute atomic E-state index is 0.0612. The molecule has 0 aliphatic heterocycles. The number of nitrogens with two attached hydrogens (primary N) is 1. The molecule has 100 valence electrons. The summed E-state index contributed by atoms with van der Waals surface area (Å²) in [7, 11) is 0. The van der Waals surface area contributed by atoms with E-state index in [1.807, 2.05) is 55.6 Å². The molecule has 1 unspecified atom stereocenters. The number of hydrogen-bond donors (Lipinski definition) is 1. The van der Waals surface area contributed by atoms with Crippen LogP contribution in [0, 0.1) is 0 Å². The van der Waals surface area contributed by atoms with Crippen LogP contribution in [0.25, 0.3) is 11.3 Å². The molecule has 4 nitrogen and oxygen atoms in total. The summed E-state index contributed by atoms with van der Waals surface area (Å²) in [5.74, 6) is 0.0612. The second kappa shape index (κ2) is 5.17. The molecule has 4 heteroatoms. The minimum Gasteiger partial charge on any atom is -0.395 e. The molecule has 3 rings (SSSR count). The van der Waals surface area contributed by atoms with Gasteiger partial charge in [0, 0.05) is 17.7 Å². The van der Waals surface area contributed by atoms with Gasteiger partial charge in [-0.15, -0.1) is 0 Å². The number of nitrogens with zero attached hydrogens (tertiary/aromatic N) is 2. The monoisotopic (exact) mass is 265 g/mol. The van der Waals surface area contributed by atoms with Crippen molar-refractivity contribution in [3.63, 3.8) is 0 Å². The fourth-order valence-corrected chi connectivity index (χ4v) is 2.18. The number of benzene rings is 1. The van der Waals surface area contributed by atoms with Gasteiger partial charge in [-0.3, -0.25) is 4.98 Å². The molecule has 0 fully saturated rings. The Balaban J connectivity index is 1.89.